The molecule has 0 radical (unpaired) electrons. The maximum atomic E-state index is 12.6. The Labute approximate surface area is 120 Å². The predicted octanol–water partition coefficient (Wildman–Crippen LogP) is 1.37. The number of anilines is 1. The number of nitrogens with zero attached hydrogens (tertiary/aromatic N) is 2. The molecule has 116 valence electrons. The van der Waals surface area contributed by atoms with Gasteiger partial charge in [0.15, 0.2) is 0 Å². The van der Waals surface area contributed by atoms with E-state index in [1.165, 1.54) is 0 Å². The molecule has 2 heterocycles. The molecule has 0 bridgehead atoms. The normalized spacial score (nSPS) is 20.4. The molecule has 21 heavy (non-hydrogen) atoms. The smallest absolute Gasteiger partial charge is 0.353 e. The molecule has 5 nitrogen and oxygen atoms in total. The summed E-state index contributed by atoms with van der Waals surface area (Å²) in [6.07, 6.45) is -1.93. The van der Waals surface area contributed by atoms with Crippen LogP contribution >= 0.6 is 0 Å². The summed E-state index contributed by atoms with van der Waals surface area (Å²) >= 11 is 0. The highest BCUT2D eigenvalue weighted by Crippen LogP contribution is 2.32. The first-order valence-electron chi connectivity index (χ1n) is 6.55. The SMILES string of the molecule is O=S(=O)(NC1CN(c2cc(C(F)(F)F)ccn2)C1)C1CC1. The molecule has 0 amide bonds. The molecule has 0 unspecified atom stereocenters. The maximum Gasteiger partial charge on any atom is 0.416 e. The van der Waals surface area contributed by atoms with Gasteiger partial charge in [-0.15, -0.1) is 0 Å². The highest BCUT2D eigenvalue weighted by atomic mass is 32.2. The first kappa shape index (κ1) is 14.6. The minimum atomic E-state index is -4.41. The molecule has 0 atom stereocenters. The van der Waals surface area contributed by atoms with Crippen molar-refractivity contribution in [2.75, 3.05) is 18.0 Å². The number of halogens is 3. The zero-order valence-electron chi connectivity index (χ0n) is 11.0. The van der Waals surface area contributed by atoms with Crippen molar-refractivity contribution in [2.24, 2.45) is 0 Å². The summed E-state index contributed by atoms with van der Waals surface area (Å²) in [5, 5.41) is -0.293. The Morgan fingerprint density at radius 2 is 1.95 bits per heavy atom. The molecule has 2 fully saturated rings. The molecule has 1 aromatic rings. The molecule has 1 aliphatic heterocycles. The van der Waals surface area contributed by atoms with Crippen molar-refractivity contribution in [1.29, 1.82) is 0 Å². The molecule has 2 aliphatic rings. The third-order valence-corrected chi connectivity index (χ3v) is 5.58. The van der Waals surface area contributed by atoms with E-state index in [-0.39, 0.29) is 17.1 Å². The van der Waals surface area contributed by atoms with Gasteiger partial charge in [0, 0.05) is 19.3 Å². The highest BCUT2D eigenvalue weighted by Gasteiger charge is 2.40. The minimum absolute atomic E-state index is 0.215. The lowest BCUT2D eigenvalue weighted by Gasteiger charge is -2.40. The molecule has 1 N–H and O–H groups in total. The number of rotatable bonds is 4. The fraction of sp³-hybridized carbons (Fsp3) is 0.583. The van der Waals surface area contributed by atoms with Crippen molar-refractivity contribution in [3.8, 4) is 0 Å². The molecule has 1 aromatic heterocycles. The summed E-state index contributed by atoms with van der Waals surface area (Å²) in [7, 11) is -3.26. The average Bonchev–Trinajstić information content (AvgIpc) is 3.17. The summed E-state index contributed by atoms with van der Waals surface area (Å²) in [4.78, 5) is 5.52. The lowest BCUT2D eigenvalue weighted by Crippen LogP contribution is -2.60. The van der Waals surface area contributed by atoms with Crippen LogP contribution in [0.1, 0.15) is 18.4 Å². The van der Waals surface area contributed by atoms with Gasteiger partial charge in [-0.3, -0.25) is 0 Å². The average molecular weight is 321 g/mol. The van der Waals surface area contributed by atoms with Gasteiger partial charge in [-0.05, 0) is 25.0 Å². The van der Waals surface area contributed by atoms with Crippen LogP contribution in [0.2, 0.25) is 0 Å². The number of hydrogen-bond donors (Lipinski definition) is 1. The van der Waals surface area contributed by atoms with E-state index in [0.717, 1.165) is 18.3 Å². The fourth-order valence-corrected chi connectivity index (χ4v) is 3.78. The molecule has 0 aromatic carbocycles. The van der Waals surface area contributed by atoms with Crippen molar-refractivity contribution in [3.05, 3.63) is 23.9 Å². The summed E-state index contributed by atoms with van der Waals surface area (Å²) in [5.74, 6) is 0.215. The van der Waals surface area contributed by atoms with Gasteiger partial charge in [-0.2, -0.15) is 13.2 Å². The van der Waals surface area contributed by atoms with Crippen LogP contribution < -0.4 is 9.62 Å². The Hall–Kier alpha value is -1.35. The molecule has 9 heteroatoms. The third kappa shape index (κ3) is 3.13. The van der Waals surface area contributed by atoms with E-state index in [1.807, 2.05) is 0 Å². The van der Waals surface area contributed by atoms with E-state index < -0.39 is 21.8 Å². The van der Waals surface area contributed by atoms with Gasteiger partial charge in [0.05, 0.1) is 16.9 Å². The number of aromatic nitrogens is 1. The van der Waals surface area contributed by atoms with Gasteiger partial charge >= 0.3 is 6.18 Å². The fourth-order valence-electron chi connectivity index (χ4n) is 2.21. The largest absolute Gasteiger partial charge is 0.416 e. The minimum Gasteiger partial charge on any atom is -0.353 e. The van der Waals surface area contributed by atoms with Crippen molar-refractivity contribution in [3.63, 3.8) is 0 Å². The molecule has 1 saturated carbocycles. The van der Waals surface area contributed by atoms with Crippen LogP contribution in [0.3, 0.4) is 0 Å². The van der Waals surface area contributed by atoms with E-state index >= 15 is 0 Å². The Morgan fingerprint density at radius 3 is 2.52 bits per heavy atom. The number of nitrogens with one attached hydrogen (secondary N) is 1. The molecular weight excluding hydrogens is 307 g/mol. The Kier molecular flexibility index (Phi) is 3.36. The second-order valence-corrected chi connectivity index (χ2v) is 7.36. The predicted molar refractivity (Wildman–Crippen MR) is 70.3 cm³/mol. The maximum absolute atomic E-state index is 12.6. The summed E-state index contributed by atoms with van der Waals surface area (Å²) < 4.78 is 63.9. The van der Waals surface area contributed by atoms with Crippen LogP contribution in [0, 0.1) is 0 Å². The Bertz CT molecular complexity index is 637. The Morgan fingerprint density at radius 1 is 1.29 bits per heavy atom. The first-order chi connectivity index (χ1) is 9.75. The molecule has 1 saturated heterocycles. The van der Waals surface area contributed by atoms with Crippen molar-refractivity contribution in [1.82, 2.24) is 9.71 Å². The number of hydrogen-bond acceptors (Lipinski definition) is 4. The van der Waals surface area contributed by atoms with E-state index in [1.54, 1.807) is 4.90 Å². The highest BCUT2D eigenvalue weighted by molar-refractivity contribution is 7.90. The zero-order chi connectivity index (χ0) is 15.3. The van der Waals surface area contributed by atoms with Crippen LogP contribution in [0.4, 0.5) is 19.0 Å². The van der Waals surface area contributed by atoms with E-state index in [2.05, 4.69) is 9.71 Å². The van der Waals surface area contributed by atoms with Crippen molar-refractivity contribution < 1.29 is 21.6 Å². The summed E-state index contributed by atoms with van der Waals surface area (Å²) in [6.45, 7) is 0.667. The van der Waals surface area contributed by atoms with Gasteiger partial charge in [0.25, 0.3) is 0 Å². The standard InChI is InChI=1S/C12H14F3N3O2S/c13-12(14,15)8-3-4-16-11(5-8)18-6-9(7-18)17-21(19,20)10-1-2-10/h3-5,9-10,17H,1-2,6-7H2. The van der Waals surface area contributed by atoms with Gasteiger partial charge < -0.3 is 4.90 Å². The topological polar surface area (TPSA) is 62.3 Å². The summed E-state index contributed by atoms with van der Waals surface area (Å²) in [5.41, 5.74) is -0.755. The second-order valence-electron chi connectivity index (χ2n) is 5.36. The lowest BCUT2D eigenvalue weighted by molar-refractivity contribution is -0.137. The summed E-state index contributed by atoms with van der Waals surface area (Å²) in [6, 6.07) is 1.63. The van der Waals surface area contributed by atoms with Gasteiger partial charge in [-0.1, -0.05) is 0 Å². The molecule has 3 rings (SSSR count). The number of pyridine rings is 1. The van der Waals surface area contributed by atoms with Crippen molar-refractivity contribution in [2.45, 2.75) is 30.3 Å². The van der Waals surface area contributed by atoms with E-state index in [4.69, 9.17) is 0 Å². The lowest BCUT2D eigenvalue weighted by atomic mass is 10.1. The van der Waals surface area contributed by atoms with Crippen LogP contribution in [0.25, 0.3) is 0 Å². The van der Waals surface area contributed by atoms with Crippen LogP contribution in [-0.2, 0) is 16.2 Å². The van der Waals surface area contributed by atoms with E-state index in [9.17, 15) is 21.6 Å². The van der Waals surface area contributed by atoms with E-state index in [0.29, 0.717) is 25.9 Å². The molecular formula is C12H14F3N3O2S. The van der Waals surface area contributed by atoms with Crippen LogP contribution in [0.5, 0.6) is 0 Å². The first-order valence-corrected chi connectivity index (χ1v) is 8.10. The van der Waals surface area contributed by atoms with Gasteiger partial charge in [-0.25, -0.2) is 18.1 Å². The van der Waals surface area contributed by atoms with Crippen LogP contribution in [-0.4, -0.2) is 37.8 Å². The molecule has 0 spiro atoms. The van der Waals surface area contributed by atoms with Gasteiger partial charge in [0.1, 0.15) is 5.82 Å². The van der Waals surface area contributed by atoms with Gasteiger partial charge in [0.2, 0.25) is 10.0 Å². The third-order valence-electron chi connectivity index (χ3n) is 3.57. The zero-order valence-corrected chi connectivity index (χ0v) is 11.8. The van der Waals surface area contributed by atoms with Crippen molar-refractivity contribution >= 4 is 15.8 Å². The molecule has 1 aliphatic carbocycles. The number of sulfonamides is 1. The Balaban J connectivity index is 1.61. The number of alkyl halides is 3. The second kappa shape index (κ2) is 4.84. The monoisotopic (exact) mass is 321 g/mol. The van der Waals surface area contributed by atoms with Crippen LogP contribution in [0.15, 0.2) is 18.3 Å². The quantitative estimate of drug-likeness (QED) is 0.910.